The Balaban J connectivity index is 2.34. The summed E-state index contributed by atoms with van der Waals surface area (Å²) in [5.41, 5.74) is 1.20. The summed E-state index contributed by atoms with van der Waals surface area (Å²) in [6.07, 6.45) is 0. The third-order valence-corrected chi connectivity index (χ3v) is 3.46. The molecule has 4 aromatic rings. The molecule has 4 rings (SSSR count). The van der Waals surface area contributed by atoms with Gasteiger partial charge < -0.3 is 0 Å². The second-order valence-electron chi connectivity index (χ2n) is 4.39. The van der Waals surface area contributed by atoms with Crippen molar-refractivity contribution in [2.24, 2.45) is 0 Å². The topological polar surface area (TPSA) is 15.8 Å². The van der Waals surface area contributed by atoms with Crippen molar-refractivity contribution in [1.82, 2.24) is 4.89 Å². The van der Waals surface area contributed by atoms with Crippen molar-refractivity contribution in [1.29, 1.82) is 0 Å². The molecule has 0 spiro atoms. The normalized spacial score (nSPS) is 11.1. The Kier molecular flexibility index (Phi) is 1.78. The van der Waals surface area contributed by atoms with E-state index >= 15 is 0 Å². The first kappa shape index (κ1) is 9.17. The fraction of sp³-hybridized carbons (Fsp3) is 0. The molecule has 0 unspecified atom stereocenters. The van der Waals surface area contributed by atoms with Crippen LogP contribution in [0.5, 0.6) is 0 Å². The zero-order valence-electron chi connectivity index (χ0n) is 9.27. The summed E-state index contributed by atoms with van der Waals surface area (Å²) in [6, 6.07) is 17.3. The van der Waals surface area contributed by atoms with E-state index in [0.717, 1.165) is 0 Å². The number of aromatic amines is 1. The van der Waals surface area contributed by atoms with Crippen LogP contribution in [0.3, 0.4) is 0 Å². The number of H-pyrrole nitrogens is 1. The third kappa shape index (κ3) is 1.22. The maximum absolute atomic E-state index is 3.26. The fourth-order valence-corrected chi connectivity index (χ4v) is 2.63. The average molecular weight is 213 g/mol. The predicted octanol–water partition coefficient (Wildman–Crippen LogP) is 3.15. The van der Waals surface area contributed by atoms with Gasteiger partial charge in [-0.3, -0.25) is 0 Å². The number of benzene rings is 3. The molecule has 3 heteroatoms. The quantitative estimate of drug-likeness (QED) is 0.431. The van der Waals surface area contributed by atoms with Gasteiger partial charge in [0.1, 0.15) is 0 Å². The molecule has 0 fully saturated rings. The summed E-state index contributed by atoms with van der Waals surface area (Å²) in [5.74, 6) is 0. The number of hydrogen-bond donors (Lipinski definition) is 1. The Morgan fingerprint density at radius 2 is 1.65 bits per heavy atom. The molecule has 0 bridgehead atoms. The number of nitrogens with one attached hydrogen (secondary N) is 1. The van der Waals surface area contributed by atoms with Gasteiger partial charge in [0.05, 0.1) is 0 Å². The molecule has 0 atom stereocenters. The molecule has 1 nitrogen and oxygen atoms in total. The standard InChI is InChI=1S/C14H9B2N/c1-2-4-10-9(3-1)5-6-12-11(10)7-8-13-14(12)15-16-17-13/h1-8,17H. The molecule has 0 radical (unpaired) electrons. The molecule has 0 aliphatic rings. The minimum atomic E-state index is 1.20. The molecular formula is C14H9B2N. The van der Waals surface area contributed by atoms with E-state index in [1.165, 1.54) is 32.3 Å². The van der Waals surface area contributed by atoms with E-state index in [1.54, 1.807) is 0 Å². The summed E-state index contributed by atoms with van der Waals surface area (Å²) in [6.45, 7) is 4.14. The minimum absolute atomic E-state index is 1.20. The zero-order chi connectivity index (χ0) is 11.2. The van der Waals surface area contributed by atoms with Crippen molar-refractivity contribution < 1.29 is 0 Å². The third-order valence-electron chi connectivity index (χ3n) is 3.46. The van der Waals surface area contributed by atoms with Crippen molar-refractivity contribution in [2.45, 2.75) is 0 Å². The summed E-state index contributed by atoms with van der Waals surface area (Å²) in [7, 11) is 0. The Morgan fingerprint density at radius 1 is 0.765 bits per heavy atom. The van der Waals surface area contributed by atoms with E-state index in [9.17, 15) is 0 Å². The van der Waals surface area contributed by atoms with Crippen LogP contribution in [-0.2, 0) is 0 Å². The van der Waals surface area contributed by atoms with Crippen molar-refractivity contribution in [3.8, 4) is 0 Å². The fourth-order valence-electron chi connectivity index (χ4n) is 2.63. The van der Waals surface area contributed by atoms with Gasteiger partial charge in [-0.1, -0.05) is 0 Å². The summed E-state index contributed by atoms with van der Waals surface area (Å²) in [5, 5.41) is 6.58. The van der Waals surface area contributed by atoms with Crippen molar-refractivity contribution in [2.75, 3.05) is 0 Å². The second-order valence-corrected chi connectivity index (χ2v) is 4.39. The van der Waals surface area contributed by atoms with E-state index in [0.29, 0.717) is 0 Å². The summed E-state index contributed by atoms with van der Waals surface area (Å²) in [4.78, 5) is 3.26. The first-order valence-corrected chi connectivity index (χ1v) is 5.81. The van der Waals surface area contributed by atoms with E-state index in [4.69, 9.17) is 0 Å². The van der Waals surface area contributed by atoms with Crippen molar-refractivity contribution >= 4 is 46.1 Å². The molecule has 3 aromatic carbocycles. The van der Waals surface area contributed by atoms with E-state index < -0.39 is 0 Å². The number of fused-ring (bicyclic) bond motifs is 5. The van der Waals surface area contributed by atoms with Gasteiger partial charge in [0.15, 0.2) is 0 Å². The van der Waals surface area contributed by atoms with Gasteiger partial charge in [-0.2, -0.15) is 0 Å². The van der Waals surface area contributed by atoms with Gasteiger partial charge in [0.2, 0.25) is 0 Å². The molecule has 0 aliphatic carbocycles. The molecule has 1 aromatic heterocycles. The Labute approximate surface area is 99.9 Å². The molecule has 1 N–H and O–H groups in total. The molecule has 0 amide bonds. The van der Waals surface area contributed by atoms with Crippen LogP contribution in [-0.4, -0.2) is 18.6 Å². The SMILES string of the molecule is b1bc2c(ccc3c4ccccc4ccc23)[nH]1. The van der Waals surface area contributed by atoms with Gasteiger partial charge in [-0.15, -0.1) is 0 Å². The van der Waals surface area contributed by atoms with E-state index in [2.05, 4.69) is 60.2 Å². The van der Waals surface area contributed by atoms with E-state index in [1.807, 2.05) is 6.94 Å². The molecule has 0 saturated heterocycles. The molecule has 1 heterocycles. The van der Waals surface area contributed by atoms with Crippen LogP contribution in [0, 0.1) is 0 Å². The van der Waals surface area contributed by atoms with Crippen LogP contribution in [0.4, 0.5) is 0 Å². The molecular weight excluding hydrogens is 204 g/mol. The average Bonchev–Trinajstić information content (AvgIpc) is 2.86. The van der Waals surface area contributed by atoms with Crippen LogP contribution in [0.1, 0.15) is 0 Å². The van der Waals surface area contributed by atoms with Crippen LogP contribution < -0.4 is 0 Å². The second kappa shape index (κ2) is 3.30. The Morgan fingerprint density at radius 3 is 2.65 bits per heavy atom. The van der Waals surface area contributed by atoms with Crippen LogP contribution >= 0.6 is 0 Å². The number of rotatable bonds is 0. The number of aromatic nitrogens is 1. The van der Waals surface area contributed by atoms with Crippen molar-refractivity contribution in [3.63, 3.8) is 0 Å². The van der Waals surface area contributed by atoms with E-state index in [-0.39, 0.29) is 0 Å². The monoisotopic (exact) mass is 213 g/mol. The first-order chi connectivity index (χ1) is 8.43. The molecule has 76 valence electrons. The molecule has 17 heavy (non-hydrogen) atoms. The first-order valence-electron chi connectivity index (χ1n) is 5.81. The Hall–Kier alpha value is -1.89. The van der Waals surface area contributed by atoms with Crippen LogP contribution in [0.15, 0.2) is 48.5 Å². The number of hydrogen-bond acceptors (Lipinski definition) is 0. The molecule has 0 saturated carbocycles. The van der Waals surface area contributed by atoms with Gasteiger partial charge in [0, 0.05) is 0 Å². The Bertz CT molecular complexity index is 848. The van der Waals surface area contributed by atoms with Gasteiger partial charge >= 0.3 is 99.5 Å². The van der Waals surface area contributed by atoms with Crippen LogP contribution in [0.25, 0.3) is 32.3 Å². The van der Waals surface area contributed by atoms with Gasteiger partial charge in [0.25, 0.3) is 0 Å². The maximum atomic E-state index is 3.26. The van der Waals surface area contributed by atoms with Crippen molar-refractivity contribution in [3.05, 3.63) is 48.5 Å². The predicted molar refractivity (Wildman–Crippen MR) is 76.0 cm³/mol. The molecule has 0 aliphatic heterocycles. The van der Waals surface area contributed by atoms with Crippen LogP contribution in [0.2, 0.25) is 0 Å². The summed E-state index contributed by atoms with van der Waals surface area (Å²) < 4.78 is 0. The van der Waals surface area contributed by atoms with Gasteiger partial charge in [-0.05, 0) is 0 Å². The summed E-state index contributed by atoms with van der Waals surface area (Å²) >= 11 is 0. The zero-order valence-corrected chi connectivity index (χ0v) is 9.27. The van der Waals surface area contributed by atoms with Gasteiger partial charge in [-0.25, -0.2) is 0 Å².